The number of esters is 2. The highest BCUT2D eigenvalue weighted by Gasteiger charge is 2.47. The highest BCUT2D eigenvalue weighted by atomic mass is 16.5. The van der Waals surface area contributed by atoms with E-state index < -0.39 is 23.8 Å². The van der Waals surface area contributed by atoms with E-state index in [0.29, 0.717) is 23.3 Å². The largest absolute Gasteiger partial charge is 0.468 e. The van der Waals surface area contributed by atoms with Crippen LogP contribution in [0.2, 0.25) is 0 Å². The molecule has 3 atom stereocenters. The molecule has 0 fully saturated rings. The molecule has 1 heterocycles. The van der Waals surface area contributed by atoms with E-state index in [2.05, 4.69) is 5.32 Å². The van der Waals surface area contributed by atoms with Crippen molar-refractivity contribution >= 4 is 17.7 Å². The van der Waals surface area contributed by atoms with E-state index in [1.165, 1.54) is 7.11 Å². The van der Waals surface area contributed by atoms with Gasteiger partial charge in [0.2, 0.25) is 0 Å². The van der Waals surface area contributed by atoms with Gasteiger partial charge in [-0.05, 0) is 38.7 Å². The summed E-state index contributed by atoms with van der Waals surface area (Å²) in [4.78, 5) is 38.7. The van der Waals surface area contributed by atoms with Crippen LogP contribution in [-0.2, 0) is 23.9 Å². The molecule has 3 rings (SSSR count). The van der Waals surface area contributed by atoms with E-state index in [1.807, 2.05) is 45.0 Å². The number of hydrogen-bond acceptors (Lipinski definition) is 6. The number of nitrogens with one attached hydrogen (secondary N) is 1. The molecule has 0 unspecified atom stereocenters. The number of hydrogen-bond donors (Lipinski definition) is 1. The van der Waals surface area contributed by atoms with Crippen molar-refractivity contribution in [3.63, 3.8) is 0 Å². The molecule has 29 heavy (non-hydrogen) atoms. The van der Waals surface area contributed by atoms with Crippen molar-refractivity contribution in [2.24, 2.45) is 11.8 Å². The molecule has 154 valence electrons. The minimum atomic E-state index is -0.879. The first-order valence-electron chi connectivity index (χ1n) is 9.86. The van der Waals surface area contributed by atoms with Gasteiger partial charge >= 0.3 is 11.9 Å². The van der Waals surface area contributed by atoms with Crippen molar-refractivity contribution in [3.8, 4) is 0 Å². The molecule has 1 aromatic carbocycles. The van der Waals surface area contributed by atoms with Crippen LogP contribution < -0.4 is 5.32 Å². The first-order chi connectivity index (χ1) is 13.8. The zero-order valence-corrected chi connectivity index (χ0v) is 17.5. The molecule has 0 aromatic heterocycles. The summed E-state index contributed by atoms with van der Waals surface area (Å²) < 4.78 is 10.2. The Morgan fingerprint density at radius 2 is 1.83 bits per heavy atom. The zero-order chi connectivity index (χ0) is 21.3. The Morgan fingerprint density at radius 1 is 1.17 bits per heavy atom. The SMILES string of the molecule is CCOC(=O)C1=C(C)NC2=C(C(=O)[C@@H](C(=O)OC)[C@H](C)C2)[C@H]1c1ccc(C)cc1. The Balaban J connectivity index is 2.18. The molecule has 0 bridgehead atoms. The maximum absolute atomic E-state index is 13.5. The van der Waals surface area contributed by atoms with E-state index in [1.54, 1.807) is 6.92 Å². The lowest BCUT2D eigenvalue weighted by Crippen LogP contribution is -2.43. The summed E-state index contributed by atoms with van der Waals surface area (Å²) in [6.45, 7) is 7.64. The molecule has 2 aliphatic rings. The number of carbonyl (C=O) groups is 3. The third kappa shape index (κ3) is 3.71. The van der Waals surface area contributed by atoms with Crippen molar-refractivity contribution in [3.05, 3.63) is 57.9 Å². The summed E-state index contributed by atoms with van der Waals surface area (Å²) in [5, 5.41) is 3.24. The van der Waals surface area contributed by atoms with Crippen molar-refractivity contribution in [1.29, 1.82) is 0 Å². The minimum Gasteiger partial charge on any atom is -0.468 e. The second-order valence-electron chi connectivity index (χ2n) is 7.67. The topological polar surface area (TPSA) is 81.7 Å². The number of allylic oxidation sites excluding steroid dienone is 3. The smallest absolute Gasteiger partial charge is 0.336 e. The second kappa shape index (κ2) is 8.23. The Bertz CT molecular complexity index is 910. The van der Waals surface area contributed by atoms with Crippen LogP contribution in [0.4, 0.5) is 0 Å². The van der Waals surface area contributed by atoms with Crippen LogP contribution in [0.15, 0.2) is 46.8 Å². The van der Waals surface area contributed by atoms with Gasteiger partial charge in [0, 0.05) is 22.9 Å². The van der Waals surface area contributed by atoms with Gasteiger partial charge in [0.1, 0.15) is 5.92 Å². The summed E-state index contributed by atoms with van der Waals surface area (Å²) in [5.41, 5.74) is 4.19. The summed E-state index contributed by atoms with van der Waals surface area (Å²) >= 11 is 0. The molecule has 0 radical (unpaired) electrons. The Hall–Kier alpha value is -2.89. The van der Waals surface area contributed by atoms with Crippen LogP contribution in [-0.4, -0.2) is 31.4 Å². The first kappa shape index (κ1) is 20.8. The van der Waals surface area contributed by atoms with Gasteiger partial charge in [0.05, 0.1) is 19.3 Å². The van der Waals surface area contributed by atoms with Gasteiger partial charge in [-0.1, -0.05) is 36.8 Å². The number of dihydropyridines is 1. The molecule has 0 amide bonds. The van der Waals surface area contributed by atoms with E-state index in [0.717, 1.165) is 16.8 Å². The van der Waals surface area contributed by atoms with Crippen LogP contribution in [0.5, 0.6) is 0 Å². The van der Waals surface area contributed by atoms with Crippen molar-refractivity contribution < 1.29 is 23.9 Å². The van der Waals surface area contributed by atoms with Crippen molar-refractivity contribution in [1.82, 2.24) is 5.32 Å². The number of Topliss-reactive ketones (excluding diaryl/α,β-unsaturated/α-hetero) is 1. The highest BCUT2D eigenvalue weighted by molar-refractivity contribution is 6.12. The van der Waals surface area contributed by atoms with Gasteiger partial charge < -0.3 is 14.8 Å². The van der Waals surface area contributed by atoms with E-state index in [-0.39, 0.29) is 18.3 Å². The van der Waals surface area contributed by atoms with Crippen LogP contribution in [0.1, 0.15) is 44.2 Å². The van der Waals surface area contributed by atoms with Crippen molar-refractivity contribution in [2.45, 2.75) is 40.0 Å². The van der Waals surface area contributed by atoms with E-state index >= 15 is 0 Å². The average Bonchev–Trinajstić information content (AvgIpc) is 2.67. The fraction of sp³-hybridized carbons (Fsp3) is 0.435. The number of ether oxygens (including phenoxy) is 2. The Labute approximate surface area is 171 Å². The lowest BCUT2D eigenvalue weighted by molar-refractivity contribution is -0.151. The molecule has 6 nitrogen and oxygen atoms in total. The minimum absolute atomic E-state index is 0.197. The summed E-state index contributed by atoms with van der Waals surface area (Å²) in [6.07, 6.45) is 0.524. The quantitative estimate of drug-likeness (QED) is 0.621. The summed E-state index contributed by atoms with van der Waals surface area (Å²) in [6, 6.07) is 7.73. The lowest BCUT2D eigenvalue weighted by atomic mass is 9.69. The van der Waals surface area contributed by atoms with Gasteiger partial charge in [-0.2, -0.15) is 0 Å². The maximum Gasteiger partial charge on any atom is 0.336 e. The van der Waals surface area contributed by atoms with Gasteiger partial charge in [-0.3, -0.25) is 9.59 Å². The normalized spacial score (nSPS) is 24.0. The predicted octanol–water partition coefficient (Wildman–Crippen LogP) is 3.17. The third-order valence-electron chi connectivity index (χ3n) is 5.65. The molecule has 6 heteroatoms. The Kier molecular flexibility index (Phi) is 5.91. The van der Waals surface area contributed by atoms with E-state index in [4.69, 9.17) is 9.47 Å². The van der Waals surface area contributed by atoms with Gasteiger partial charge in [0.15, 0.2) is 5.78 Å². The molecule has 0 saturated heterocycles. The second-order valence-corrected chi connectivity index (χ2v) is 7.67. The number of ketones is 1. The van der Waals surface area contributed by atoms with Gasteiger partial charge in [-0.15, -0.1) is 0 Å². The summed E-state index contributed by atoms with van der Waals surface area (Å²) in [5.74, 6) is -2.96. The lowest BCUT2D eigenvalue weighted by Gasteiger charge is -2.38. The third-order valence-corrected chi connectivity index (χ3v) is 5.65. The zero-order valence-electron chi connectivity index (χ0n) is 17.5. The molecule has 1 aromatic rings. The molecule has 0 spiro atoms. The number of carbonyl (C=O) groups excluding carboxylic acids is 3. The fourth-order valence-corrected chi connectivity index (χ4v) is 4.25. The fourth-order valence-electron chi connectivity index (χ4n) is 4.25. The van der Waals surface area contributed by atoms with Gasteiger partial charge in [-0.25, -0.2) is 4.79 Å². The predicted molar refractivity (Wildman–Crippen MR) is 108 cm³/mol. The standard InChI is InChI=1S/C23H27NO5/c1-6-29-23(27)18-14(4)24-16-11-13(3)17(22(26)28-5)21(25)20(16)19(18)15-9-7-12(2)8-10-15/h7-10,13,17,19,24H,6,11H2,1-5H3/t13-,17+,19+/m1/s1. The monoisotopic (exact) mass is 397 g/mol. The maximum atomic E-state index is 13.5. The number of aryl methyl sites for hydroxylation is 1. The van der Waals surface area contributed by atoms with Crippen molar-refractivity contribution in [2.75, 3.05) is 13.7 Å². The number of rotatable bonds is 4. The number of benzene rings is 1. The number of methoxy groups -OCH3 is 1. The molecule has 1 aliphatic carbocycles. The first-order valence-corrected chi connectivity index (χ1v) is 9.86. The van der Waals surface area contributed by atoms with Gasteiger partial charge in [0.25, 0.3) is 0 Å². The molecule has 0 saturated carbocycles. The molecular weight excluding hydrogens is 370 g/mol. The Morgan fingerprint density at radius 3 is 2.41 bits per heavy atom. The van der Waals surface area contributed by atoms with E-state index in [9.17, 15) is 14.4 Å². The van der Waals surface area contributed by atoms with Crippen LogP contribution in [0.3, 0.4) is 0 Å². The average molecular weight is 397 g/mol. The molecule has 1 N–H and O–H groups in total. The van der Waals surface area contributed by atoms with Crippen LogP contribution >= 0.6 is 0 Å². The highest BCUT2D eigenvalue weighted by Crippen LogP contribution is 2.45. The van der Waals surface area contributed by atoms with Crippen LogP contribution in [0, 0.1) is 18.8 Å². The summed E-state index contributed by atoms with van der Waals surface area (Å²) in [7, 11) is 1.29. The van der Waals surface area contributed by atoms with Crippen LogP contribution in [0.25, 0.3) is 0 Å². The molecule has 1 aliphatic heterocycles. The molecular formula is C23H27NO5.